The minimum Gasteiger partial charge on any atom is -0.347 e. The summed E-state index contributed by atoms with van der Waals surface area (Å²) in [6.45, 7) is 0. The summed E-state index contributed by atoms with van der Waals surface area (Å²) in [7, 11) is 1.73. The van der Waals surface area contributed by atoms with E-state index in [1.807, 2.05) is 0 Å². The third-order valence-corrected chi connectivity index (χ3v) is 2.66. The van der Waals surface area contributed by atoms with E-state index in [9.17, 15) is 9.59 Å². The first-order valence-electron chi connectivity index (χ1n) is 5.41. The number of hydrogen-bond acceptors (Lipinski definition) is 3. The van der Waals surface area contributed by atoms with Crippen molar-refractivity contribution in [3.8, 4) is 0 Å². The molecule has 0 aliphatic heterocycles. The molecule has 0 saturated heterocycles. The molecule has 0 radical (unpaired) electrons. The first-order valence-corrected chi connectivity index (χ1v) is 5.79. The molecule has 2 N–H and O–H groups in total. The second kappa shape index (κ2) is 5.53. The SMILES string of the molecule is Cn1cccc1C(=O)NNC(=O)c1cc(Cl)ccn1. The second-order valence-electron chi connectivity index (χ2n) is 3.77. The number of nitrogens with one attached hydrogen (secondary N) is 2. The van der Waals surface area contributed by atoms with E-state index in [-0.39, 0.29) is 5.69 Å². The van der Waals surface area contributed by atoms with Gasteiger partial charge >= 0.3 is 0 Å². The molecule has 2 amide bonds. The smallest absolute Gasteiger partial charge is 0.288 e. The van der Waals surface area contributed by atoms with Crippen LogP contribution in [0.4, 0.5) is 0 Å². The molecule has 0 aromatic carbocycles. The third-order valence-electron chi connectivity index (χ3n) is 2.42. The van der Waals surface area contributed by atoms with Crippen molar-refractivity contribution in [2.45, 2.75) is 0 Å². The highest BCUT2D eigenvalue weighted by molar-refractivity contribution is 6.30. The van der Waals surface area contributed by atoms with Crippen LogP contribution in [0.15, 0.2) is 36.7 Å². The van der Waals surface area contributed by atoms with E-state index < -0.39 is 11.8 Å². The van der Waals surface area contributed by atoms with E-state index in [0.717, 1.165) is 0 Å². The maximum Gasteiger partial charge on any atom is 0.288 e. The topological polar surface area (TPSA) is 76.0 Å². The van der Waals surface area contributed by atoms with Crippen LogP contribution in [0.1, 0.15) is 21.0 Å². The van der Waals surface area contributed by atoms with Gasteiger partial charge in [-0.1, -0.05) is 11.6 Å². The Hall–Kier alpha value is -2.34. The lowest BCUT2D eigenvalue weighted by Gasteiger charge is -2.07. The molecule has 0 saturated carbocycles. The first-order chi connectivity index (χ1) is 9.08. The van der Waals surface area contributed by atoms with Crippen LogP contribution in [0.2, 0.25) is 5.02 Å². The molecule has 0 atom stereocenters. The summed E-state index contributed by atoms with van der Waals surface area (Å²) in [6.07, 6.45) is 3.14. The molecular formula is C12H11ClN4O2. The monoisotopic (exact) mass is 278 g/mol. The van der Waals surface area contributed by atoms with Gasteiger partial charge in [-0.05, 0) is 24.3 Å². The Kier molecular flexibility index (Phi) is 3.82. The largest absolute Gasteiger partial charge is 0.347 e. The van der Waals surface area contributed by atoms with Gasteiger partial charge in [0.25, 0.3) is 11.8 Å². The van der Waals surface area contributed by atoms with E-state index >= 15 is 0 Å². The van der Waals surface area contributed by atoms with Gasteiger partial charge in [0.2, 0.25) is 0 Å². The number of nitrogens with zero attached hydrogens (tertiary/aromatic N) is 2. The van der Waals surface area contributed by atoms with Gasteiger partial charge in [-0.2, -0.15) is 0 Å². The van der Waals surface area contributed by atoms with Gasteiger partial charge in [0, 0.05) is 24.5 Å². The van der Waals surface area contributed by atoms with Gasteiger partial charge in [-0.25, -0.2) is 0 Å². The van der Waals surface area contributed by atoms with E-state index in [4.69, 9.17) is 11.6 Å². The Bertz CT molecular complexity index is 624. The molecular weight excluding hydrogens is 268 g/mol. The summed E-state index contributed by atoms with van der Waals surface area (Å²) in [5.74, 6) is -0.951. The van der Waals surface area contributed by atoms with Crippen molar-refractivity contribution < 1.29 is 9.59 Å². The Morgan fingerprint density at radius 3 is 2.63 bits per heavy atom. The summed E-state index contributed by atoms with van der Waals surface area (Å²) < 4.78 is 1.64. The average Bonchev–Trinajstić information content (AvgIpc) is 2.82. The fourth-order valence-corrected chi connectivity index (χ4v) is 1.63. The molecule has 6 nitrogen and oxygen atoms in total. The van der Waals surface area contributed by atoms with Crippen LogP contribution in [0.5, 0.6) is 0 Å². The molecule has 0 fully saturated rings. The van der Waals surface area contributed by atoms with E-state index in [1.165, 1.54) is 12.3 Å². The number of aryl methyl sites for hydroxylation is 1. The van der Waals surface area contributed by atoms with Gasteiger partial charge in [0.15, 0.2) is 0 Å². The molecule has 2 heterocycles. The van der Waals surface area contributed by atoms with Crippen LogP contribution in [0, 0.1) is 0 Å². The molecule has 0 spiro atoms. The highest BCUT2D eigenvalue weighted by Gasteiger charge is 2.11. The zero-order chi connectivity index (χ0) is 13.8. The minimum atomic E-state index is -0.537. The van der Waals surface area contributed by atoms with E-state index in [0.29, 0.717) is 10.7 Å². The van der Waals surface area contributed by atoms with Crippen LogP contribution in [-0.4, -0.2) is 21.4 Å². The third kappa shape index (κ3) is 3.11. The number of carbonyl (C=O) groups excluding carboxylic acids is 2. The molecule has 19 heavy (non-hydrogen) atoms. The maximum atomic E-state index is 11.7. The number of pyridine rings is 1. The zero-order valence-electron chi connectivity index (χ0n) is 10.1. The molecule has 0 bridgehead atoms. The standard InChI is InChI=1S/C12H11ClN4O2/c1-17-6-2-3-10(17)12(19)16-15-11(18)9-7-8(13)4-5-14-9/h2-7H,1H3,(H,15,18)(H,16,19). The number of hydrogen-bond donors (Lipinski definition) is 2. The molecule has 2 rings (SSSR count). The average molecular weight is 279 g/mol. The van der Waals surface area contributed by atoms with Crippen molar-refractivity contribution in [1.82, 2.24) is 20.4 Å². The number of amides is 2. The molecule has 0 aliphatic carbocycles. The van der Waals surface area contributed by atoms with Crippen molar-refractivity contribution in [3.05, 3.63) is 53.1 Å². The minimum absolute atomic E-state index is 0.125. The number of halogens is 1. The van der Waals surface area contributed by atoms with Crippen molar-refractivity contribution >= 4 is 23.4 Å². The number of aromatic nitrogens is 2. The predicted octanol–water partition coefficient (Wildman–Crippen LogP) is 1.15. The molecule has 0 unspecified atom stereocenters. The lowest BCUT2D eigenvalue weighted by Crippen LogP contribution is -2.42. The van der Waals surface area contributed by atoms with Crippen LogP contribution in [0.25, 0.3) is 0 Å². The zero-order valence-corrected chi connectivity index (χ0v) is 10.8. The van der Waals surface area contributed by atoms with Gasteiger partial charge in [0.05, 0.1) is 0 Å². The molecule has 7 heteroatoms. The normalized spacial score (nSPS) is 10.0. The second-order valence-corrected chi connectivity index (χ2v) is 4.21. The summed E-state index contributed by atoms with van der Waals surface area (Å²) in [5, 5.41) is 0.397. The number of hydrazine groups is 1. The van der Waals surface area contributed by atoms with Gasteiger partial charge < -0.3 is 4.57 Å². The van der Waals surface area contributed by atoms with Crippen molar-refractivity contribution in [1.29, 1.82) is 0 Å². The van der Waals surface area contributed by atoms with Crippen LogP contribution < -0.4 is 10.9 Å². The lowest BCUT2D eigenvalue weighted by molar-refractivity contribution is 0.0839. The van der Waals surface area contributed by atoms with Crippen molar-refractivity contribution in [2.24, 2.45) is 7.05 Å². The van der Waals surface area contributed by atoms with Crippen LogP contribution in [-0.2, 0) is 7.05 Å². The molecule has 0 aliphatic rings. The van der Waals surface area contributed by atoms with Crippen LogP contribution in [0.3, 0.4) is 0 Å². The Balaban J connectivity index is 1.98. The maximum absolute atomic E-state index is 11.7. The highest BCUT2D eigenvalue weighted by atomic mass is 35.5. The Labute approximate surface area is 114 Å². The number of carbonyl (C=O) groups is 2. The summed E-state index contributed by atoms with van der Waals surface area (Å²) in [5.41, 5.74) is 5.12. The quantitative estimate of drug-likeness (QED) is 0.809. The summed E-state index contributed by atoms with van der Waals surface area (Å²) >= 11 is 5.74. The van der Waals surface area contributed by atoms with Crippen molar-refractivity contribution in [3.63, 3.8) is 0 Å². The predicted molar refractivity (Wildman–Crippen MR) is 69.6 cm³/mol. The molecule has 2 aromatic heterocycles. The molecule has 98 valence electrons. The summed E-state index contributed by atoms with van der Waals surface area (Å²) in [4.78, 5) is 27.3. The number of rotatable bonds is 2. The van der Waals surface area contributed by atoms with E-state index in [1.54, 1.807) is 36.0 Å². The van der Waals surface area contributed by atoms with Crippen molar-refractivity contribution in [2.75, 3.05) is 0 Å². The van der Waals surface area contributed by atoms with E-state index in [2.05, 4.69) is 15.8 Å². The van der Waals surface area contributed by atoms with Gasteiger partial charge in [0.1, 0.15) is 11.4 Å². The van der Waals surface area contributed by atoms with Crippen LogP contribution >= 0.6 is 11.6 Å². The lowest BCUT2D eigenvalue weighted by atomic mass is 10.3. The molecule has 2 aromatic rings. The van der Waals surface area contributed by atoms with Gasteiger partial charge in [-0.15, -0.1) is 0 Å². The Morgan fingerprint density at radius 1 is 1.26 bits per heavy atom. The highest BCUT2D eigenvalue weighted by Crippen LogP contribution is 2.07. The van der Waals surface area contributed by atoms with Gasteiger partial charge in [-0.3, -0.25) is 25.4 Å². The fraction of sp³-hybridized carbons (Fsp3) is 0.0833. The first kappa shape index (κ1) is 13.1. The Morgan fingerprint density at radius 2 is 2.00 bits per heavy atom. The summed E-state index contributed by atoms with van der Waals surface area (Å²) in [6, 6.07) is 6.33. The fourth-order valence-electron chi connectivity index (χ4n) is 1.47.